The van der Waals surface area contributed by atoms with E-state index in [4.69, 9.17) is 9.47 Å². The van der Waals surface area contributed by atoms with Crippen LogP contribution in [0.1, 0.15) is 19.8 Å². The van der Waals surface area contributed by atoms with Gasteiger partial charge in [-0.1, -0.05) is 25.5 Å². The summed E-state index contributed by atoms with van der Waals surface area (Å²) in [5, 5.41) is 0. The zero-order chi connectivity index (χ0) is 16.7. The Morgan fingerprint density at radius 3 is 2.09 bits per heavy atom. The van der Waals surface area contributed by atoms with Crippen LogP contribution in [-0.4, -0.2) is 31.4 Å². The summed E-state index contributed by atoms with van der Waals surface area (Å²) in [4.78, 5) is 14.1. The average molecular weight is 313 g/mol. The second-order valence-corrected chi connectivity index (χ2v) is 5.31. The van der Waals surface area contributed by atoms with Crippen molar-refractivity contribution in [2.75, 3.05) is 20.8 Å². The summed E-state index contributed by atoms with van der Waals surface area (Å²) < 4.78 is 10.2. The molecule has 0 aromatic carbocycles. The topological polar surface area (TPSA) is 38.8 Å². The zero-order valence-electron chi connectivity index (χ0n) is 13.9. The van der Waals surface area contributed by atoms with Crippen LogP contribution in [-0.2, 0) is 14.3 Å². The minimum atomic E-state index is -0.233. The Bertz CT molecular complexity index is 591. The molecule has 0 N–H and O–H groups in total. The number of allylic oxidation sites excluding steroid dienone is 8. The lowest BCUT2D eigenvalue weighted by atomic mass is 10.0. The van der Waals surface area contributed by atoms with Crippen molar-refractivity contribution < 1.29 is 14.3 Å². The van der Waals surface area contributed by atoms with Crippen LogP contribution >= 0.6 is 0 Å². The smallest absolute Gasteiger partial charge is 0.261 e. The van der Waals surface area contributed by atoms with Gasteiger partial charge in [0, 0.05) is 18.9 Å². The number of ketones is 1. The number of carbonyl (C=O) groups is 1. The molecule has 0 radical (unpaired) electrons. The summed E-state index contributed by atoms with van der Waals surface area (Å²) in [6.45, 7) is 3.23. The van der Waals surface area contributed by atoms with Crippen LogP contribution in [0.3, 0.4) is 0 Å². The number of Topliss-reactive ketones (excluding diaryl/α,β-unsaturated/α-hetero) is 1. The first-order valence-electron chi connectivity index (χ1n) is 7.78. The van der Waals surface area contributed by atoms with E-state index in [1.54, 1.807) is 12.2 Å². The molecule has 0 bridgehead atoms. The largest absolute Gasteiger partial charge is 0.492 e. The molecule has 2 aliphatic rings. The van der Waals surface area contributed by atoms with Gasteiger partial charge in [0.25, 0.3) is 5.78 Å². The molecule has 1 aliphatic carbocycles. The van der Waals surface area contributed by atoms with E-state index < -0.39 is 0 Å². The Labute approximate surface area is 137 Å². The van der Waals surface area contributed by atoms with E-state index in [9.17, 15) is 4.79 Å². The number of hydrogen-bond donors (Lipinski definition) is 0. The summed E-state index contributed by atoms with van der Waals surface area (Å²) in [7, 11) is 2.96. The van der Waals surface area contributed by atoms with Crippen LogP contribution < -0.4 is 0 Å². The van der Waals surface area contributed by atoms with Crippen LogP contribution in [0.15, 0.2) is 71.5 Å². The molecule has 4 nitrogen and oxygen atoms in total. The maximum Gasteiger partial charge on any atom is 0.261 e. The molecule has 122 valence electrons. The van der Waals surface area contributed by atoms with Gasteiger partial charge >= 0.3 is 0 Å². The maximum absolute atomic E-state index is 11.9. The molecule has 1 aliphatic heterocycles. The molecule has 0 aromatic heterocycles. The molecular formula is C19H23NO3. The SMILES string of the molecule is CCCCN1C=CC(=CC=C2C=C(OC)C(=O)C(OC)=C2)C=C1. The predicted octanol–water partition coefficient (Wildman–Crippen LogP) is 3.63. The van der Waals surface area contributed by atoms with Crippen molar-refractivity contribution in [1.82, 2.24) is 4.90 Å². The second-order valence-electron chi connectivity index (χ2n) is 5.31. The molecule has 0 spiro atoms. The van der Waals surface area contributed by atoms with Gasteiger partial charge in [0.1, 0.15) is 0 Å². The molecule has 0 saturated heterocycles. The standard InChI is InChI=1S/C19H23NO3/c1-4-5-10-20-11-8-15(9-12-20)6-7-16-13-17(22-2)19(21)18(14-16)23-3/h6-9,11-14H,4-5,10H2,1-3H3. The van der Waals surface area contributed by atoms with Crippen molar-refractivity contribution in [3.8, 4) is 0 Å². The number of hydrogen-bond acceptors (Lipinski definition) is 4. The van der Waals surface area contributed by atoms with Gasteiger partial charge in [-0.25, -0.2) is 0 Å². The summed E-state index contributed by atoms with van der Waals surface area (Å²) >= 11 is 0. The van der Waals surface area contributed by atoms with Crippen LogP contribution in [0.25, 0.3) is 0 Å². The van der Waals surface area contributed by atoms with Crippen molar-refractivity contribution in [2.45, 2.75) is 19.8 Å². The van der Waals surface area contributed by atoms with Gasteiger partial charge in [-0.2, -0.15) is 0 Å². The third-order valence-corrected chi connectivity index (χ3v) is 3.64. The van der Waals surface area contributed by atoms with E-state index in [1.807, 2.05) is 12.2 Å². The first kappa shape index (κ1) is 16.9. The van der Waals surface area contributed by atoms with Gasteiger partial charge in [-0.05, 0) is 41.9 Å². The Hall–Kier alpha value is -2.49. The minimum absolute atomic E-state index is 0.233. The van der Waals surface area contributed by atoms with E-state index in [0.29, 0.717) is 0 Å². The van der Waals surface area contributed by atoms with E-state index in [-0.39, 0.29) is 17.3 Å². The quantitative estimate of drug-likeness (QED) is 0.750. The van der Waals surface area contributed by atoms with Gasteiger partial charge in [0.2, 0.25) is 0 Å². The normalized spacial score (nSPS) is 17.0. The molecular weight excluding hydrogens is 290 g/mol. The summed E-state index contributed by atoms with van der Waals surface area (Å²) in [6, 6.07) is 0. The van der Waals surface area contributed by atoms with Crippen LogP contribution in [0.2, 0.25) is 0 Å². The lowest BCUT2D eigenvalue weighted by molar-refractivity contribution is -0.117. The molecule has 2 rings (SSSR count). The third-order valence-electron chi connectivity index (χ3n) is 3.64. The van der Waals surface area contributed by atoms with Crippen LogP contribution in [0.5, 0.6) is 0 Å². The highest BCUT2D eigenvalue weighted by Crippen LogP contribution is 2.20. The highest BCUT2D eigenvalue weighted by Gasteiger charge is 2.21. The van der Waals surface area contributed by atoms with Crippen molar-refractivity contribution in [1.29, 1.82) is 0 Å². The molecule has 0 unspecified atom stereocenters. The summed E-state index contributed by atoms with van der Waals surface area (Å²) in [5.41, 5.74) is 1.96. The van der Waals surface area contributed by atoms with Crippen molar-refractivity contribution in [3.63, 3.8) is 0 Å². The molecule has 0 saturated carbocycles. The number of rotatable bonds is 6. The molecule has 0 atom stereocenters. The first-order valence-corrected chi connectivity index (χ1v) is 7.78. The third kappa shape index (κ3) is 4.49. The van der Waals surface area contributed by atoms with E-state index in [0.717, 1.165) is 17.7 Å². The monoisotopic (exact) mass is 313 g/mol. The Kier molecular flexibility index (Phi) is 6.03. The van der Waals surface area contributed by atoms with Gasteiger partial charge in [-0.3, -0.25) is 4.79 Å². The van der Waals surface area contributed by atoms with Crippen molar-refractivity contribution in [3.05, 3.63) is 71.5 Å². The van der Waals surface area contributed by atoms with E-state index in [2.05, 4.69) is 36.4 Å². The lowest BCUT2D eigenvalue weighted by Gasteiger charge is -2.18. The fourth-order valence-corrected chi connectivity index (χ4v) is 2.26. The molecule has 0 fully saturated rings. The molecule has 4 heteroatoms. The fraction of sp³-hybridized carbons (Fsp3) is 0.316. The molecule has 1 heterocycles. The highest BCUT2D eigenvalue weighted by atomic mass is 16.5. The minimum Gasteiger partial charge on any atom is -0.492 e. The first-order chi connectivity index (χ1) is 11.2. The molecule has 0 aromatic rings. The van der Waals surface area contributed by atoms with Gasteiger partial charge in [0.05, 0.1) is 14.2 Å². The van der Waals surface area contributed by atoms with Crippen LogP contribution in [0, 0.1) is 0 Å². The number of unbranched alkanes of at least 4 members (excludes halogenated alkanes) is 1. The number of carbonyl (C=O) groups excluding carboxylic acids is 1. The summed E-state index contributed by atoms with van der Waals surface area (Å²) in [6.07, 6.45) is 18.0. The number of methoxy groups -OCH3 is 2. The van der Waals surface area contributed by atoms with E-state index in [1.165, 1.54) is 27.1 Å². The zero-order valence-corrected chi connectivity index (χ0v) is 13.9. The Morgan fingerprint density at radius 1 is 1.00 bits per heavy atom. The maximum atomic E-state index is 11.9. The summed E-state index contributed by atoms with van der Waals surface area (Å²) in [5.74, 6) is 0.341. The van der Waals surface area contributed by atoms with Gasteiger partial charge in [0.15, 0.2) is 11.5 Å². The van der Waals surface area contributed by atoms with Crippen molar-refractivity contribution >= 4 is 5.78 Å². The fourth-order valence-electron chi connectivity index (χ4n) is 2.26. The van der Waals surface area contributed by atoms with Gasteiger partial charge < -0.3 is 14.4 Å². The molecule has 0 amide bonds. The van der Waals surface area contributed by atoms with Crippen LogP contribution in [0.4, 0.5) is 0 Å². The highest BCUT2D eigenvalue weighted by molar-refractivity contribution is 6.07. The van der Waals surface area contributed by atoms with E-state index >= 15 is 0 Å². The van der Waals surface area contributed by atoms with Gasteiger partial charge in [-0.15, -0.1) is 0 Å². The Balaban J connectivity index is 2.10. The second kappa shape index (κ2) is 8.22. The Morgan fingerprint density at radius 2 is 1.57 bits per heavy atom. The predicted molar refractivity (Wildman–Crippen MR) is 91.3 cm³/mol. The number of ether oxygens (including phenoxy) is 2. The van der Waals surface area contributed by atoms with Crippen molar-refractivity contribution in [2.24, 2.45) is 0 Å². The average Bonchev–Trinajstić information content (AvgIpc) is 2.59. The lowest BCUT2D eigenvalue weighted by Crippen LogP contribution is -2.13. The number of nitrogens with zero attached hydrogens (tertiary/aromatic N) is 1. The molecule has 23 heavy (non-hydrogen) atoms.